The predicted molar refractivity (Wildman–Crippen MR) is 75.9 cm³/mol. The van der Waals surface area contributed by atoms with Crippen molar-refractivity contribution in [2.75, 3.05) is 0 Å². The minimum atomic E-state index is -1.19. The third kappa shape index (κ3) is 2.54. The number of hydrogen-bond donors (Lipinski definition) is 0. The molecule has 0 N–H and O–H groups in total. The van der Waals surface area contributed by atoms with Gasteiger partial charge < -0.3 is 0 Å². The third-order valence-electron chi connectivity index (χ3n) is 3.76. The van der Waals surface area contributed by atoms with E-state index in [1.807, 2.05) is 0 Å². The number of rotatable bonds is 5. The first-order chi connectivity index (χ1) is 7.24. The predicted octanol–water partition coefficient (Wildman–Crippen LogP) is 4.30. The lowest BCUT2D eigenvalue weighted by Crippen LogP contribution is -2.47. The summed E-state index contributed by atoms with van der Waals surface area (Å²) in [6, 6.07) is 13.1. The van der Waals surface area contributed by atoms with Crippen molar-refractivity contribution in [3.05, 3.63) is 29.8 Å². The lowest BCUT2D eigenvalue weighted by Gasteiger charge is -2.30. The van der Waals surface area contributed by atoms with E-state index in [1.54, 1.807) is 5.19 Å². The summed E-state index contributed by atoms with van der Waals surface area (Å²) in [6.07, 6.45) is 0. The van der Waals surface area contributed by atoms with Gasteiger partial charge in [0.1, 0.15) is 0 Å². The van der Waals surface area contributed by atoms with E-state index in [1.165, 1.54) is 23.7 Å². The molecule has 1 aromatic carbocycles. The van der Waals surface area contributed by atoms with Crippen molar-refractivity contribution < 1.29 is 0 Å². The number of halogens is 1. The second-order valence-electron chi connectivity index (χ2n) is 4.13. The Kier molecular flexibility index (Phi) is 5.07. The van der Waals surface area contributed by atoms with Gasteiger partial charge in [-0.05, 0) is 5.56 Å². The molecule has 0 unspecified atom stereocenters. The highest BCUT2D eigenvalue weighted by atomic mass is 79.9. The maximum atomic E-state index is 3.61. The lowest BCUT2D eigenvalue weighted by atomic mass is 10.2. The molecule has 0 heterocycles. The topological polar surface area (TPSA) is 0 Å². The van der Waals surface area contributed by atoms with Crippen LogP contribution in [-0.4, -0.2) is 8.07 Å². The van der Waals surface area contributed by atoms with Gasteiger partial charge in [0.15, 0.2) is 0 Å². The van der Waals surface area contributed by atoms with E-state index in [-0.39, 0.29) is 0 Å². The first kappa shape index (κ1) is 13.0. The van der Waals surface area contributed by atoms with E-state index in [0.29, 0.717) is 0 Å². The number of alkyl halides is 1. The fraction of sp³-hybridized carbons (Fsp3) is 0.538. The molecule has 0 aliphatic carbocycles. The summed E-state index contributed by atoms with van der Waals surface area (Å²) in [4.78, 5) is 0. The first-order valence-corrected chi connectivity index (χ1v) is 9.62. The molecule has 0 fully saturated rings. The Morgan fingerprint density at radius 2 is 1.53 bits per heavy atom. The lowest BCUT2D eigenvalue weighted by molar-refractivity contribution is 1.19. The van der Waals surface area contributed by atoms with Gasteiger partial charge in [-0.2, -0.15) is 0 Å². The summed E-state index contributed by atoms with van der Waals surface area (Å²) < 4.78 is 0. The van der Waals surface area contributed by atoms with Crippen LogP contribution < -0.4 is 5.19 Å². The van der Waals surface area contributed by atoms with Crippen molar-refractivity contribution in [3.63, 3.8) is 0 Å². The zero-order valence-corrected chi connectivity index (χ0v) is 12.6. The molecule has 0 nitrogen and oxygen atoms in total. The number of hydrogen-bond acceptors (Lipinski definition) is 0. The zero-order valence-electron chi connectivity index (χ0n) is 10.0. The highest BCUT2D eigenvalue weighted by molar-refractivity contribution is 9.08. The minimum Gasteiger partial charge on any atom is -0.0876 e. The van der Waals surface area contributed by atoms with Gasteiger partial charge in [-0.3, -0.25) is 0 Å². The Labute approximate surface area is 103 Å². The molecular weight excluding hydrogens is 264 g/mol. The molecule has 0 aliphatic heterocycles. The molecule has 0 amide bonds. The van der Waals surface area contributed by atoms with E-state index in [9.17, 15) is 0 Å². The summed E-state index contributed by atoms with van der Waals surface area (Å²) in [5.41, 5.74) is 1.51. The third-order valence-corrected chi connectivity index (χ3v) is 10.1. The average molecular weight is 285 g/mol. The molecule has 0 spiro atoms. The Balaban J connectivity index is 3.21. The molecule has 1 rings (SSSR count). The van der Waals surface area contributed by atoms with Crippen molar-refractivity contribution in [2.45, 2.75) is 44.2 Å². The molecule has 0 atom stereocenters. The SMILES string of the molecule is CC[Si](CC)(CC)c1ccccc1CBr. The standard InChI is InChI=1S/C13H21BrSi/c1-4-15(5-2,6-3)13-10-8-7-9-12(13)11-14/h7-10H,4-6,11H2,1-3H3. The van der Waals surface area contributed by atoms with Crippen molar-refractivity contribution in [3.8, 4) is 0 Å². The molecule has 0 radical (unpaired) electrons. The summed E-state index contributed by atoms with van der Waals surface area (Å²) in [6.45, 7) is 7.10. The van der Waals surface area contributed by atoms with Crippen LogP contribution in [0.2, 0.25) is 18.1 Å². The minimum absolute atomic E-state index is 0.998. The van der Waals surface area contributed by atoms with Crippen molar-refractivity contribution in [2.24, 2.45) is 0 Å². The van der Waals surface area contributed by atoms with Gasteiger partial charge >= 0.3 is 0 Å². The Bertz CT molecular complexity index is 297. The van der Waals surface area contributed by atoms with Crippen molar-refractivity contribution in [1.82, 2.24) is 0 Å². The van der Waals surface area contributed by atoms with Crippen LogP contribution in [0.4, 0.5) is 0 Å². The van der Waals surface area contributed by atoms with Gasteiger partial charge in [-0.25, -0.2) is 0 Å². The molecule has 0 aromatic heterocycles. The maximum Gasteiger partial charge on any atom is 0.0863 e. The summed E-state index contributed by atoms with van der Waals surface area (Å²) >= 11 is 3.61. The Morgan fingerprint density at radius 1 is 1.00 bits per heavy atom. The summed E-state index contributed by atoms with van der Waals surface area (Å²) in [7, 11) is -1.19. The molecule has 15 heavy (non-hydrogen) atoms. The molecular formula is C13H21BrSi. The van der Waals surface area contributed by atoms with Crippen LogP contribution in [0.3, 0.4) is 0 Å². The van der Waals surface area contributed by atoms with Crippen LogP contribution in [-0.2, 0) is 5.33 Å². The molecule has 0 aliphatic rings. The van der Waals surface area contributed by atoms with E-state index in [4.69, 9.17) is 0 Å². The Morgan fingerprint density at radius 3 is 2.00 bits per heavy atom. The highest BCUT2D eigenvalue weighted by Crippen LogP contribution is 2.22. The molecule has 0 bridgehead atoms. The summed E-state index contributed by atoms with van der Waals surface area (Å²) in [5.74, 6) is 0. The van der Waals surface area contributed by atoms with Gasteiger partial charge in [0.25, 0.3) is 0 Å². The molecule has 2 heteroatoms. The molecule has 84 valence electrons. The second kappa shape index (κ2) is 5.85. The van der Waals surface area contributed by atoms with Crippen LogP contribution in [0, 0.1) is 0 Å². The Hall–Kier alpha value is -0.0831. The van der Waals surface area contributed by atoms with Gasteiger partial charge in [0.05, 0.1) is 8.07 Å². The first-order valence-electron chi connectivity index (χ1n) is 5.88. The van der Waals surface area contributed by atoms with Gasteiger partial charge in [0, 0.05) is 5.33 Å². The summed E-state index contributed by atoms with van der Waals surface area (Å²) in [5, 5.41) is 2.67. The smallest absolute Gasteiger partial charge is 0.0863 e. The zero-order chi connectivity index (χ0) is 11.3. The van der Waals surface area contributed by atoms with E-state index < -0.39 is 8.07 Å². The fourth-order valence-corrected chi connectivity index (χ4v) is 7.17. The van der Waals surface area contributed by atoms with Crippen LogP contribution in [0.5, 0.6) is 0 Å². The van der Waals surface area contributed by atoms with Crippen LogP contribution in [0.25, 0.3) is 0 Å². The highest BCUT2D eigenvalue weighted by Gasteiger charge is 2.30. The quantitative estimate of drug-likeness (QED) is 0.559. The van der Waals surface area contributed by atoms with Crippen LogP contribution in [0.1, 0.15) is 26.3 Å². The largest absolute Gasteiger partial charge is 0.0876 e. The fourth-order valence-electron chi connectivity index (χ4n) is 2.48. The van der Waals surface area contributed by atoms with Crippen molar-refractivity contribution in [1.29, 1.82) is 0 Å². The van der Waals surface area contributed by atoms with Crippen molar-refractivity contribution >= 4 is 29.2 Å². The number of benzene rings is 1. The van der Waals surface area contributed by atoms with Gasteiger partial charge in [-0.1, -0.05) is 84.3 Å². The van der Waals surface area contributed by atoms with Crippen LogP contribution >= 0.6 is 15.9 Å². The molecule has 1 aromatic rings. The maximum absolute atomic E-state index is 3.61. The van der Waals surface area contributed by atoms with E-state index in [0.717, 1.165) is 5.33 Å². The monoisotopic (exact) mass is 284 g/mol. The normalized spacial score (nSPS) is 11.7. The second-order valence-corrected chi connectivity index (χ2v) is 9.91. The van der Waals surface area contributed by atoms with E-state index in [2.05, 4.69) is 61.0 Å². The van der Waals surface area contributed by atoms with Gasteiger partial charge in [0.2, 0.25) is 0 Å². The molecule has 0 saturated carbocycles. The van der Waals surface area contributed by atoms with E-state index >= 15 is 0 Å². The van der Waals surface area contributed by atoms with Gasteiger partial charge in [-0.15, -0.1) is 0 Å². The molecule has 0 saturated heterocycles. The van der Waals surface area contributed by atoms with Crippen LogP contribution in [0.15, 0.2) is 24.3 Å². The average Bonchev–Trinajstić information content (AvgIpc) is 2.33.